The molecule has 1 N–H and O–H groups in total. The van der Waals surface area contributed by atoms with Gasteiger partial charge in [0.25, 0.3) is 0 Å². The van der Waals surface area contributed by atoms with Gasteiger partial charge in [0.1, 0.15) is 0 Å². The second-order valence-electron chi connectivity index (χ2n) is 3.99. The molecule has 0 aromatic carbocycles. The lowest BCUT2D eigenvalue weighted by Crippen LogP contribution is -2.53. The number of hydrogen-bond acceptors (Lipinski definition) is 2. The van der Waals surface area contributed by atoms with Crippen molar-refractivity contribution in [2.24, 2.45) is 5.92 Å². The van der Waals surface area contributed by atoms with Crippen LogP contribution in [0.3, 0.4) is 0 Å². The molecule has 2 nitrogen and oxygen atoms in total. The van der Waals surface area contributed by atoms with E-state index in [0.717, 1.165) is 12.8 Å². The highest BCUT2D eigenvalue weighted by Crippen LogP contribution is 2.28. The highest BCUT2D eigenvalue weighted by Gasteiger charge is 2.36. The van der Waals surface area contributed by atoms with Gasteiger partial charge >= 0.3 is 0 Å². The summed E-state index contributed by atoms with van der Waals surface area (Å²) in [5, 5.41) is 3.37. The molecule has 0 aliphatic heterocycles. The fourth-order valence-electron chi connectivity index (χ4n) is 2.31. The number of ether oxygens (including phenoxy) is 1. The van der Waals surface area contributed by atoms with E-state index in [1.807, 2.05) is 14.2 Å². The molecule has 0 aliphatic carbocycles. The first-order valence-electron chi connectivity index (χ1n) is 5.30. The molecule has 0 bridgehead atoms. The molecular formula is C11H25NO. The van der Waals surface area contributed by atoms with Gasteiger partial charge in [-0.2, -0.15) is 0 Å². The molecule has 1 atom stereocenters. The minimum Gasteiger partial charge on any atom is -0.377 e. The normalized spacial score (nSPS) is 15.0. The first-order chi connectivity index (χ1) is 6.07. The average Bonchev–Trinajstić information content (AvgIpc) is 2.13. The molecule has 0 fully saturated rings. The van der Waals surface area contributed by atoms with Gasteiger partial charge in [0.05, 0.1) is 5.60 Å². The first kappa shape index (κ1) is 12.9. The van der Waals surface area contributed by atoms with Crippen molar-refractivity contribution in [3.05, 3.63) is 0 Å². The molecule has 0 amide bonds. The zero-order valence-corrected chi connectivity index (χ0v) is 9.98. The van der Waals surface area contributed by atoms with Gasteiger partial charge in [0, 0.05) is 13.2 Å². The van der Waals surface area contributed by atoms with Gasteiger partial charge in [-0.3, -0.25) is 0 Å². The van der Waals surface area contributed by atoms with Gasteiger partial charge < -0.3 is 10.1 Å². The summed E-state index contributed by atoms with van der Waals surface area (Å²) in [6.07, 6.45) is 2.12. The standard InChI is InChI=1S/C11H25NO/c1-7-11(8-2,13-6)10(12-5)9(3)4/h9-10,12H,7-8H2,1-6H3. The largest absolute Gasteiger partial charge is 0.377 e. The summed E-state index contributed by atoms with van der Waals surface area (Å²) in [5.41, 5.74) is 0.00289. The van der Waals surface area contributed by atoms with Crippen LogP contribution in [0.5, 0.6) is 0 Å². The van der Waals surface area contributed by atoms with Crippen molar-refractivity contribution in [3.8, 4) is 0 Å². The zero-order chi connectivity index (χ0) is 10.5. The van der Waals surface area contributed by atoms with E-state index >= 15 is 0 Å². The predicted molar refractivity (Wildman–Crippen MR) is 58.0 cm³/mol. The van der Waals surface area contributed by atoms with Crippen LogP contribution in [0.2, 0.25) is 0 Å². The molecule has 0 radical (unpaired) electrons. The molecule has 80 valence electrons. The molecule has 0 spiro atoms. The Hall–Kier alpha value is -0.0800. The van der Waals surface area contributed by atoms with Crippen molar-refractivity contribution < 1.29 is 4.74 Å². The van der Waals surface area contributed by atoms with Gasteiger partial charge in [-0.1, -0.05) is 27.7 Å². The molecule has 2 heteroatoms. The maximum atomic E-state index is 5.69. The summed E-state index contributed by atoms with van der Waals surface area (Å²) >= 11 is 0. The highest BCUT2D eigenvalue weighted by atomic mass is 16.5. The number of hydrogen-bond donors (Lipinski definition) is 1. The van der Waals surface area contributed by atoms with Crippen molar-refractivity contribution in [2.75, 3.05) is 14.2 Å². The maximum absolute atomic E-state index is 5.69. The Balaban J connectivity index is 4.65. The minimum atomic E-state index is 0.00289. The Morgan fingerprint density at radius 1 is 1.23 bits per heavy atom. The SMILES string of the molecule is CCC(CC)(OC)C(NC)C(C)C. The van der Waals surface area contributed by atoms with Crippen LogP contribution in [0.15, 0.2) is 0 Å². The quantitative estimate of drug-likeness (QED) is 0.689. The molecular weight excluding hydrogens is 162 g/mol. The van der Waals surface area contributed by atoms with Gasteiger partial charge in [0.2, 0.25) is 0 Å². The summed E-state index contributed by atoms with van der Waals surface area (Å²) in [6, 6.07) is 0.437. The topological polar surface area (TPSA) is 21.3 Å². The van der Waals surface area contributed by atoms with Gasteiger partial charge in [-0.25, -0.2) is 0 Å². The van der Waals surface area contributed by atoms with E-state index in [1.165, 1.54) is 0 Å². The Bertz CT molecular complexity index is 122. The van der Waals surface area contributed by atoms with Crippen molar-refractivity contribution in [3.63, 3.8) is 0 Å². The highest BCUT2D eigenvalue weighted by molar-refractivity contribution is 4.92. The molecule has 1 unspecified atom stereocenters. The second kappa shape index (κ2) is 5.61. The van der Waals surface area contributed by atoms with Crippen molar-refractivity contribution in [1.29, 1.82) is 0 Å². The van der Waals surface area contributed by atoms with Gasteiger partial charge in [-0.15, -0.1) is 0 Å². The zero-order valence-electron chi connectivity index (χ0n) is 9.98. The van der Waals surface area contributed by atoms with Gasteiger partial charge in [-0.05, 0) is 25.8 Å². The molecule has 0 aliphatic rings. The summed E-state index contributed by atoms with van der Waals surface area (Å²) in [4.78, 5) is 0. The van der Waals surface area contributed by atoms with Crippen LogP contribution in [0, 0.1) is 5.92 Å². The van der Waals surface area contributed by atoms with Crippen LogP contribution in [-0.2, 0) is 4.74 Å². The molecule has 0 rings (SSSR count). The van der Waals surface area contributed by atoms with Crippen molar-refractivity contribution in [2.45, 2.75) is 52.2 Å². The Morgan fingerprint density at radius 3 is 1.77 bits per heavy atom. The molecule has 0 heterocycles. The lowest BCUT2D eigenvalue weighted by molar-refractivity contribution is -0.0571. The van der Waals surface area contributed by atoms with E-state index in [4.69, 9.17) is 4.74 Å². The smallest absolute Gasteiger partial charge is 0.0828 e. The van der Waals surface area contributed by atoms with E-state index in [9.17, 15) is 0 Å². The molecule has 0 saturated carbocycles. The fourth-order valence-corrected chi connectivity index (χ4v) is 2.31. The van der Waals surface area contributed by atoms with Gasteiger partial charge in [0.15, 0.2) is 0 Å². The number of rotatable bonds is 6. The number of likely N-dealkylation sites (N-methyl/N-ethyl adjacent to an activating group) is 1. The summed E-state index contributed by atoms with van der Waals surface area (Å²) in [6.45, 7) is 8.86. The predicted octanol–water partition coefficient (Wildman–Crippen LogP) is 2.44. The summed E-state index contributed by atoms with van der Waals surface area (Å²) in [5.74, 6) is 0.602. The molecule has 0 aromatic rings. The number of nitrogens with one attached hydrogen (secondary N) is 1. The lowest BCUT2D eigenvalue weighted by atomic mass is 9.82. The molecule has 0 saturated heterocycles. The third-order valence-electron chi connectivity index (χ3n) is 3.15. The molecule has 0 aromatic heterocycles. The maximum Gasteiger partial charge on any atom is 0.0828 e. The average molecular weight is 187 g/mol. The van der Waals surface area contributed by atoms with Crippen molar-refractivity contribution >= 4 is 0 Å². The third-order valence-corrected chi connectivity index (χ3v) is 3.15. The van der Waals surface area contributed by atoms with E-state index in [1.54, 1.807) is 0 Å². The van der Waals surface area contributed by atoms with E-state index in [2.05, 4.69) is 33.0 Å². The van der Waals surface area contributed by atoms with Crippen LogP contribution in [0.25, 0.3) is 0 Å². The summed E-state index contributed by atoms with van der Waals surface area (Å²) in [7, 11) is 3.84. The van der Waals surface area contributed by atoms with Crippen LogP contribution in [-0.4, -0.2) is 25.8 Å². The third kappa shape index (κ3) is 2.68. The Morgan fingerprint density at radius 2 is 1.69 bits per heavy atom. The van der Waals surface area contributed by atoms with Crippen molar-refractivity contribution in [1.82, 2.24) is 5.32 Å². The minimum absolute atomic E-state index is 0.00289. The lowest BCUT2D eigenvalue weighted by Gasteiger charge is -2.40. The monoisotopic (exact) mass is 187 g/mol. The Labute approximate surface area is 83.1 Å². The van der Waals surface area contributed by atoms with Crippen LogP contribution in [0.1, 0.15) is 40.5 Å². The molecule has 13 heavy (non-hydrogen) atoms. The van der Waals surface area contributed by atoms with E-state index in [-0.39, 0.29) is 5.60 Å². The number of methoxy groups -OCH3 is 1. The van der Waals surface area contributed by atoms with Crippen LogP contribution >= 0.6 is 0 Å². The fraction of sp³-hybridized carbons (Fsp3) is 1.00. The van der Waals surface area contributed by atoms with E-state index in [0.29, 0.717) is 12.0 Å². The second-order valence-corrected chi connectivity index (χ2v) is 3.99. The Kier molecular flexibility index (Phi) is 5.57. The van der Waals surface area contributed by atoms with E-state index < -0.39 is 0 Å². The van der Waals surface area contributed by atoms with Crippen LogP contribution < -0.4 is 5.32 Å². The summed E-state index contributed by atoms with van der Waals surface area (Å²) < 4.78 is 5.69. The first-order valence-corrected chi connectivity index (χ1v) is 5.30. The van der Waals surface area contributed by atoms with Crippen LogP contribution in [0.4, 0.5) is 0 Å².